The number of carboxylic acid groups (broad SMARTS) is 1. The van der Waals surface area contributed by atoms with Gasteiger partial charge in [0.15, 0.2) is 0 Å². The van der Waals surface area contributed by atoms with Gasteiger partial charge in [0, 0.05) is 37.1 Å². The van der Waals surface area contributed by atoms with Gasteiger partial charge in [0.1, 0.15) is 5.69 Å². The second-order valence-electron chi connectivity index (χ2n) is 6.27. The van der Waals surface area contributed by atoms with Gasteiger partial charge in [-0.2, -0.15) is 0 Å². The molecule has 1 saturated heterocycles. The van der Waals surface area contributed by atoms with Gasteiger partial charge in [0.25, 0.3) is 11.6 Å². The second kappa shape index (κ2) is 6.00. The van der Waals surface area contributed by atoms with Crippen molar-refractivity contribution in [1.82, 2.24) is 14.5 Å². The van der Waals surface area contributed by atoms with Crippen LogP contribution in [-0.2, 0) is 4.79 Å². The van der Waals surface area contributed by atoms with Gasteiger partial charge in [-0.3, -0.25) is 19.7 Å². The van der Waals surface area contributed by atoms with E-state index in [0.29, 0.717) is 18.7 Å². The number of hydrogen-bond acceptors (Lipinski definition) is 5. The summed E-state index contributed by atoms with van der Waals surface area (Å²) in [7, 11) is 0. The Balaban J connectivity index is 1.91. The summed E-state index contributed by atoms with van der Waals surface area (Å²) in [6.45, 7) is 1.98. The number of carbonyl (C=O) groups excluding carboxylic acids is 1. The summed E-state index contributed by atoms with van der Waals surface area (Å²) in [5, 5.41) is 20.6. The van der Waals surface area contributed by atoms with E-state index >= 15 is 0 Å². The second-order valence-corrected chi connectivity index (χ2v) is 6.27. The Hall–Kier alpha value is -3.23. The van der Waals surface area contributed by atoms with Crippen LogP contribution in [-0.4, -0.2) is 49.4 Å². The first kappa shape index (κ1) is 16.6. The van der Waals surface area contributed by atoms with Gasteiger partial charge in [-0.1, -0.05) is 0 Å². The molecule has 0 aliphatic carbocycles. The predicted molar refractivity (Wildman–Crippen MR) is 86.5 cm³/mol. The Morgan fingerprint density at radius 1 is 1.40 bits per heavy atom. The van der Waals surface area contributed by atoms with Crippen LogP contribution in [0, 0.1) is 15.5 Å². The van der Waals surface area contributed by atoms with E-state index in [0.717, 1.165) is 0 Å². The summed E-state index contributed by atoms with van der Waals surface area (Å²) < 4.78 is 1.49. The van der Waals surface area contributed by atoms with Crippen LogP contribution in [0.15, 0.2) is 36.9 Å². The molecule has 9 nitrogen and oxygen atoms in total. The zero-order valence-corrected chi connectivity index (χ0v) is 13.5. The van der Waals surface area contributed by atoms with Crippen molar-refractivity contribution in [3.63, 3.8) is 0 Å². The largest absolute Gasteiger partial charge is 0.481 e. The highest BCUT2D eigenvalue weighted by Gasteiger charge is 2.42. The summed E-state index contributed by atoms with van der Waals surface area (Å²) in [4.78, 5) is 40.0. The molecule has 1 aliphatic rings. The van der Waals surface area contributed by atoms with Gasteiger partial charge in [-0.15, -0.1) is 0 Å². The van der Waals surface area contributed by atoms with Gasteiger partial charge in [0.05, 0.1) is 16.7 Å². The van der Waals surface area contributed by atoms with Crippen LogP contribution in [0.1, 0.15) is 23.7 Å². The Morgan fingerprint density at radius 3 is 2.72 bits per heavy atom. The molecular weight excluding hydrogens is 328 g/mol. The van der Waals surface area contributed by atoms with E-state index in [-0.39, 0.29) is 17.8 Å². The fourth-order valence-electron chi connectivity index (χ4n) is 2.91. The minimum atomic E-state index is -0.988. The molecule has 0 spiro atoms. The number of carboxylic acids is 1. The number of nitrogens with zero attached hydrogens (tertiary/aromatic N) is 4. The summed E-state index contributed by atoms with van der Waals surface area (Å²) in [5.41, 5.74) is -0.747. The van der Waals surface area contributed by atoms with Crippen molar-refractivity contribution in [3.8, 4) is 5.69 Å². The molecule has 1 unspecified atom stereocenters. The number of likely N-dealkylation sites (tertiary alicyclic amines) is 1. The number of amides is 1. The maximum absolute atomic E-state index is 12.6. The average Bonchev–Trinajstić information content (AvgIpc) is 3.24. The molecule has 3 rings (SSSR count). The third-order valence-electron chi connectivity index (χ3n) is 4.48. The first-order valence-corrected chi connectivity index (χ1v) is 7.61. The minimum absolute atomic E-state index is 0.0816. The maximum atomic E-state index is 12.6. The smallest absolute Gasteiger partial charge is 0.311 e. The number of rotatable bonds is 4. The lowest BCUT2D eigenvalue weighted by molar-refractivity contribution is -0.384. The fourth-order valence-corrected chi connectivity index (χ4v) is 2.91. The number of aliphatic carboxylic acids is 1. The first-order valence-electron chi connectivity index (χ1n) is 7.61. The molecule has 2 aromatic rings. The molecule has 0 radical (unpaired) electrons. The number of hydrogen-bond donors (Lipinski definition) is 1. The highest BCUT2D eigenvalue weighted by Crippen LogP contribution is 2.32. The molecule has 1 aromatic carbocycles. The zero-order chi connectivity index (χ0) is 18.2. The van der Waals surface area contributed by atoms with Crippen LogP contribution in [0.5, 0.6) is 0 Å². The van der Waals surface area contributed by atoms with Crippen LogP contribution in [0.25, 0.3) is 5.69 Å². The van der Waals surface area contributed by atoms with E-state index in [1.807, 2.05) is 0 Å². The maximum Gasteiger partial charge on any atom is 0.311 e. The van der Waals surface area contributed by atoms with Gasteiger partial charge < -0.3 is 14.6 Å². The lowest BCUT2D eigenvalue weighted by atomic mass is 9.90. The Bertz CT molecular complexity index is 848. The van der Waals surface area contributed by atoms with Crippen LogP contribution in [0.2, 0.25) is 0 Å². The molecule has 1 amide bonds. The van der Waals surface area contributed by atoms with Crippen molar-refractivity contribution < 1.29 is 19.6 Å². The van der Waals surface area contributed by atoms with Crippen molar-refractivity contribution in [2.24, 2.45) is 5.41 Å². The van der Waals surface area contributed by atoms with Crippen molar-refractivity contribution >= 4 is 17.6 Å². The highest BCUT2D eigenvalue weighted by atomic mass is 16.6. The van der Waals surface area contributed by atoms with Crippen molar-refractivity contribution in [2.45, 2.75) is 13.3 Å². The quantitative estimate of drug-likeness (QED) is 0.666. The Morgan fingerprint density at radius 2 is 2.16 bits per heavy atom. The van der Waals surface area contributed by atoms with Gasteiger partial charge in [-0.25, -0.2) is 4.98 Å². The van der Waals surface area contributed by atoms with E-state index in [1.165, 1.54) is 40.2 Å². The Labute approximate surface area is 142 Å². The zero-order valence-electron chi connectivity index (χ0n) is 13.5. The monoisotopic (exact) mass is 344 g/mol. The SMILES string of the molecule is CC1(C(=O)O)CCN(C(=O)c2ccc(-n3ccnc3)c([N+](=O)[O-])c2)C1. The van der Waals surface area contributed by atoms with Crippen molar-refractivity contribution in [3.05, 3.63) is 52.6 Å². The Kier molecular flexibility index (Phi) is 3.99. The van der Waals surface area contributed by atoms with Gasteiger partial charge >= 0.3 is 5.97 Å². The predicted octanol–water partition coefficient (Wildman–Crippen LogP) is 1.72. The highest BCUT2D eigenvalue weighted by molar-refractivity contribution is 5.96. The summed E-state index contributed by atoms with van der Waals surface area (Å²) in [6, 6.07) is 4.20. The molecule has 9 heteroatoms. The van der Waals surface area contributed by atoms with Crippen LogP contribution in [0.3, 0.4) is 0 Å². The molecule has 130 valence electrons. The first-order chi connectivity index (χ1) is 11.8. The number of carbonyl (C=O) groups is 2. The number of aromatic nitrogens is 2. The summed E-state index contributed by atoms with van der Waals surface area (Å²) in [6.07, 6.45) is 4.86. The standard InChI is InChI=1S/C16H16N4O5/c1-16(15(22)23)4-6-18(9-16)14(21)11-2-3-12(13(8-11)20(24)25)19-7-5-17-10-19/h2-3,5,7-8,10H,4,6,9H2,1H3,(H,22,23). The van der Waals surface area contributed by atoms with Gasteiger partial charge in [0.2, 0.25) is 0 Å². The van der Waals surface area contributed by atoms with E-state index < -0.39 is 22.2 Å². The van der Waals surface area contributed by atoms with Crippen molar-refractivity contribution in [2.75, 3.05) is 13.1 Å². The molecule has 0 bridgehead atoms. The third-order valence-corrected chi connectivity index (χ3v) is 4.48. The third kappa shape index (κ3) is 2.95. The molecular formula is C16H16N4O5. The topological polar surface area (TPSA) is 119 Å². The fraction of sp³-hybridized carbons (Fsp3) is 0.312. The normalized spacial score (nSPS) is 19.8. The molecule has 0 saturated carbocycles. The van der Waals surface area contributed by atoms with Gasteiger partial charge in [-0.05, 0) is 25.5 Å². The number of nitro groups is 1. The molecule has 1 N–H and O–H groups in total. The van der Waals surface area contributed by atoms with E-state index in [4.69, 9.17) is 0 Å². The molecule has 1 aromatic heterocycles. The van der Waals surface area contributed by atoms with Crippen LogP contribution < -0.4 is 0 Å². The van der Waals surface area contributed by atoms with Crippen LogP contribution in [0.4, 0.5) is 5.69 Å². The molecule has 25 heavy (non-hydrogen) atoms. The number of nitro benzene ring substituents is 1. The lowest BCUT2D eigenvalue weighted by Gasteiger charge is -2.20. The molecule has 1 fully saturated rings. The van der Waals surface area contributed by atoms with E-state index in [2.05, 4.69) is 4.98 Å². The minimum Gasteiger partial charge on any atom is -0.481 e. The molecule has 1 aliphatic heterocycles. The van der Waals surface area contributed by atoms with Crippen LogP contribution >= 0.6 is 0 Å². The molecule has 1 atom stereocenters. The number of imidazole rings is 1. The lowest BCUT2D eigenvalue weighted by Crippen LogP contribution is -2.34. The van der Waals surface area contributed by atoms with E-state index in [9.17, 15) is 24.8 Å². The summed E-state index contributed by atoms with van der Waals surface area (Å²) >= 11 is 0. The summed E-state index contributed by atoms with van der Waals surface area (Å²) in [5.74, 6) is -1.37. The number of benzene rings is 1. The average molecular weight is 344 g/mol. The molecule has 2 heterocycles. The van der Waals surface area contributed by atoms with Crippen molar-refractivity contribution in [1.29, 1.82) is 0 Å². The van der Waals surface area contributed by atoms with E-state index in [1.54, 1.807) is 13.1 Å².